The lowest BCUT2D eigenvalue weighted by Gasteiger charge is -2.37. The van der Waals surface area contributed by atoms with Gasteiger partial charge in [0.15, 0.2) is 5.69 Å². The number of carbonyl (C=O) groups is 2. The number of piperazine rings is 1. The number of hydrogen-bond acceptors (Lipinski definition) is 3. The maximum absolute atomic E-state index is 12.6. The van der Waals surface area contributed by atoms with Crippen LogP contribution in [-0.4, -0.2) is 57.6 Å². The average Bonchev–Trinajstić information content (AvgIpc) is 2.86. The van der Waals surface area contributed by atoms with Crippen LogP contribution in [0.3, 0.4) is 0 Å². The topological polar surface area (TPSA) is 58.4 Å². The number of aryl methyl sites for hydroxylation is 2. The molecule has 1 aromatic heterocycles. The second-order valence-electron chi connectivity index (χ2n) is 5.76. The molecule has 1 unspecified atom stereocenters. The molecular weight excluding hydrogens is 256 g/mol. The van der Waals surface area contributed by atoms with Gasteiger partial charge in [0.1, 0.15) is 6.54 Å². The first-order valence-corrected chi connectivity index (χ1v) is 7.18. The zero-order chi connectivity index (χ0) is 14.3. The molecule has 0 bridgehead atoms. The number of rotatable bonds is 1. The van der Waals surface area contributed by atoms with Crippen LogP contribution in [0.25, 0.3) is 0 Å². The minimum atomic E-state index is -0.124. The van der Waals surface area contributed by atoms with Gasteiger partial charge in [-0.25, -0.2) is 0 Å². The second-order valence-corrected chi connectivity index (χ2v) is 5.76. The van der Waals surface area contributed by atoms with Crippen molar-refractivity contribution in [1.82, 2.24) is 19.6 Å². The molecule has 1 fully saturated rings. The lowest BCUT2D eigenvalue weighted by molar-refractivity contribution is -0.135. The van der Waals surface area contributed by atoms with Crippen LogP contribution in [-0.2, 0) is 17.8 Å². The number of hydrogen-bond donors (Lipinski definition) is 0. The summed E-state index contributed by atoms with van der Waals surface area (Å²) in [6.45, 7) is 3.59. The fourth-order valence-electron chi connectivity index (χ4n) is 2.96. The SMILES string of the molecule is CC1CN(C)C(=O)CN1C(=O)c1cc2n(n1)CCCC2. The monoisotopic (exact) mass is 276 g/mol. The van der Waals surface area contributed by atoms with Crippen LogP contribution in [0.15, 0.2) is 6.07 Å². The van der Waals surface area contributed by atoms with Crippen molar-refractivity contribution in [3.8, 4) is 0 Å². The standard InChI is InChI=1S/C14H20N4O2/c1-10-8-16(2)13(19)9-17(10)14(20)12-7-11-5-3-4-6-18(11)15-12/h7,10H,3-6,8-9H2,1-2H3. The Bertz CT molecular complexity index is 528. The quantitative estimate of drug-likeness (QED) is 0.751. The lowest BCUT2D eigenvalue weighted by Crippen LogP contribution is -2.55. The van der Waals surface area contributed by atoms with Gasteiger partial charge in [-0.15, -0.1) is 0 Å². The van der Waals surface area contributed by atoms with Crippen molar-refractivity contribution >= 4 is 11.8 Å². The normalized spacial score (nSPS) is 22.9. The highest BCUT2D eigenvalue weighted by atomic mass is 16.2. The molecule has 0 N–H and O–H groups in total. The molecule has 108 valence electrons. The Kier molecular flexibility index (Phi) is 3.23. The van der Waals surface area contributed by atoms with Crippen molar-refractivity contribution in [3.05, 3.63) is 17.5 Å². The van der Waals surface area contributed by atoms with Gasteiger partial charge in [0, 0.05) is 31.9 Å². The molecule has 3 heterocycles. The van der Waals surface area contributed by atoms with E-state index in [4.69, 9.17) is 0 Å². The third-order valence-corrected chi connectivity index (χ3v) is 4.20. The average molecular weight is 276 g/mol. The van der Waals surface area contributed by atoms with E-state index in [0.29, 0.717) is 12.2 Å². The van der Waals surface area contributed by atoms with E-state index in [0.717, 1.165) is 31.5 Å². The van der Waals surface area contributed by atoms with Crippen molar-refractivity contribution in [2.75, 3.05) is 20.1 Å². The van der Waals surface area contributed by atoms with Crippen LogP contribution < -0.4 is 0 Å². The van der Waals surface area contributed by atoms with Gasteiger partial charge in [-0.05, 0) is 32.3 Å². The van der Waals surface area contributed by atoms with Crippen molar-refractivity contribution in [2.24, 2.45) is 0 Å². The summed E-state index contributed by atoms with van der Waals surface area (Å²) in [7, 11) is 1.77. The number of aromatic nitrogens is 2. The molecule has 1 saturated heterocycles. The number of fused-ring (bicyclic) bond motifs is 1. The first-order valence-electron chi connectivity index (χ1n) is 7.18. The second kappa shape index (κ2) is 4.92. The van der Waals surface area contributed by atoms with Gasteiger partial charge in [-0.3, -0.25) is 14.3 Å². The molecule has 1 aromatic rings. The largest absolute Gasteiger partial charge is 0.342 e. The lowest BCUT2D eigenvalue weighted by atomic mass is 10.1. The van der Waals surface area contributed by atoms with Gasteiger partial charge in [-0.1, -0.05) is 0 Å². The summed E-state index contributed by atoms with van der Waals surface area (Å²) in [6, 6.07) is 1.92. The number of carbonyl (C=O) groups excluding carboxylic acids is 2. The molecule has 0 aliphatic carbocycles. The first kappa shape index (κ1) is 13.1. The van der Waals surface area contributed by atoms with E-state index in [1.165, 1.54) is 0 Å². The number of nitrogens with zero attached hydrogens (tertiary/aromatic N) is 4. The van der Waals surface area contributed by atoms with E-state index in [1.54, 1.807) is 16.8 Å². The van der Waals surface area contributed by atoms with Crippen LogP contribution in [0.4, 0.5) is 0 Å². The van der Waals surface area contributed by atoms with Gasteiger partial charge >= 0.3 is 0 Å². The summed E-state index contributed by atoms with van der Waals surface area (Å²) >= 11 is 0. The highest BCUT2D eigenvalue weighted by molar-refractivity contribution is 5.95. The molecular formula is C14H20N4O2. The first-order chi connectivity index (χ1) is 9.56. The van der Waals surface area contributed by atoms with Crippen molar-refractivity contribution in [3.63, 3.8) is 0 Å². The molecule has 2 aliphatic rings. The zero-order valence-electron chi connectivity index (χ0n) is 12.0. The Morgan fingerprint density at radius 1 is 1.40 bits per heavy atom. The molecule has 1 atom stereocenters. The summed E-state index contributed by atoms with van der Waals surface area (Å²) in [5.41, 5.74) is 1.61. The van der Waals surface area contributed by atoms with Crippen LogP contribution in [0.5, 0.6) is 0 Å². The van der Waals surface area contributed by atoms with E-state index in [2.05, 4.69) is 5.10 Å². The van der Waals surface area contributed by atoms with E-state index in [1.807, 2.05) is 17.7 Å². The van der Waals surface area contributed by atoms with Crippen molar-refractivity contribution < 1.29 is 9.59 Å². The maximum atomic E-state index is 12.6. The molecule has 0 spiro atoms. The summed E-state index contributed by atoms with van der Waals surface area (Å²) in [5, 5.41) is 4.40. The predicted molar refractivity (Wildman–Crippen MR) is 73.3 cm³/mol. The van der Waals surface area contributed by atoms with Gasteiger partial charge in [-0.2, -0.15) is 5.10 Å². The van der Waals surface area contributed by atoms with E-state index < -0.39 is 0 Å². The van der Waals surface area contributed by atoms with Gasteiger partial charge in [0.2, 0.25) is 5.91 Å². The van der Waals surface area contributed by atoms with Crippen LogP contribution >= 0.6 is 0 Å². The molecule has 0 saturated carbocycles. The number of likely N-dealkylation sites (N-methyl/N-ethyl adjacent to an activating group) is 1. The minimum Gasteiger partial charge on any atom is -0.342 e. The van der Waals surface area contributed by atoms with E-state index in [9.17, 15) is 9.59 Å². The summed E-state index contributed by atoms with van der Waals surface area (Å²) in [5.74, 6) is -0.138. The van der Waals surface area contributed by atoms with Crippen LogP contribution in [0.1, 0.15) is 35.9 Å². The highest BCUT2D eigenvalue weighted by Crippen LogP contribution is 2.18. The highest BCUT2D eigenvalue weighted by Gasteiger charge is 2.32. The fourth-order valence-corrected chi connectivity index (χ4v) is 2.96. The van der Waals surface area contributed by atoms with Gasteiger partial charge < -0.3 is 9.80 Å². The Labute approximate surface area is 118 Å². The molecule has 20 heavy (non-hydrogen) atoms. The van der Waals surface area contributed by atoms with Crippen molar-refractivity contribution in [2.45, 2.75) is 38.8 Å². The molecule has 0 radical (unpaired) electrons. The molecule has 2 aliphatic heterocycles. The summed E-state index contributed by atoms with van der Waals surface area (Å²) in [6.07, 6.45) is 3.26. The Hall–Kier alpha value is -1.85. The van der Waals surface area contributed by atoms with E-state index in [-0.39, 0.29) is 24.4 Å². The Morgan fingerprint density at radius 3 is 2.95 bits per heavy atom. The zero-order valence-corrected chi connectivity index (χ0v) is 12.0. The fraction of sp³-hybridized carbons (Fsp3) is 0.643. The third kappa shape index (κ3) is 2.19. The Balaban J connectivity index is 1.81. The Morgan fingerprint density at radius 2 is 2.20 bits per heavy atom. The van der Waals surface area contributed by atoms with Gasteiger partial charge in [0.25, 0.3) is 5.91 Å². The molecule has 0 aromatic carbocycles. The summed E-state index contributed by atoms with van der Waals surface area (Å²) in [4.78, 5) is 27.7. The van der Waals surface area contributed by atoms with Crippen LogP contribution in [0, 0.1) is 0 Å². The summed E-state index contributed by atoms with van der Waals surface area (Å²) < 4.78 is 1.93. The smallest absolute Gasteiger partial charge is 0.275 e. The predicted octanol–water partition coefficient (Wildman–Crippen LogP) is 0.522. The molecule has 6 nitrogen and oxygen atoms in total. The maximum Gasteiger partial charge on any atom is 0.275 e. The molecule has 6 heteroatoms. The molecule has 3 rings (SSSR count). The minimum absolute atomic E-state index is 0.0135. The molecule has 2 amide bonds. The van der Waals surface area contributed by atoms with Crippen molar-refractivity contribution in [1.29, 1.82) is 0 Å². The third-order valence-electron chi connectivity index (χ3n) is 4.20. The van der Waals surface area contributed by atoms with Gasteiger partial charge in [0.05, 0.1) is 0 Å². The van der Waals surface area contributed by atoms with E-state index >= 15 is 0 Å². The van der Waals surface area contributed by atoms with Crippen LogP contribution in [0.2, 0.25) is 0 Å². The number of amides is 2.